The lowest BCUT2D eigenvalue weighted by Crippen LogP contribution is -2.22. The molecule has 3 nitrogen and oxygen atoms in total. The van der Waals surface area contributed by atoms with Crippen LogP contribution in [0.3, 0.4) is 0 Å². The maximum Gasteiger partial charge on any atom is 0.442 e. The zero-order chi connectivity index (χ0) is 16.0. The smallest absolute Gasteiger partial charge is 0.382 e. The molecule has 0 atom stereocenters. The highest BCUT2D eigenvalue weighted by Gasteiger charge is 2.29. The molecule has 7 heteroatoms. The van der Waals surface area contributed by atoms with E-state index in [1.54, 1.807) is 12.1 Å². The van der Waals surface area contributed by atoms with E-state index in [1.807, 2.05) is 12.1 Å². The number of thioether (sulfide) groups is 1. The molecule has 0 bridgehead atoms. The van der Waals surface area contributed by atoms with E-state index in [9.17, 15) is 18.0 Å². The van der Waals surface area contributed by atoms with E-state index in [-0.39, 0.29) is 11.8 Å². The van der Waals surface area contributed by atoms with Crippen molar-refractivity contribution in [1.82, 2.24) is 0 Å². The Morgan fingerprint density at radius 1 is 1.09 bits per heavy atom. The maximum absolute atomic E-state index is 12.0. The van der Waals surface area contributed by atoms with Crippen molar-refractivity contribution in [3.8, 4) is 0 Å². The van der Waals surface area contributed by atoms with Gasteiger partial charge in [0.25, 0.3) is 0 Å². The Bertz CT molecular complexity index is 485. The fraction of sp³-hybridized carbons (Fsp3) is 0.533. The molecular formula is C15H19F3N2OS. The van der Waals surface area contributed by atoms with Crippen molar-refractivity contribution in [2.45, 2.75) is 43.7 Å². The predicted octanol–water partition coefficient (Wildman–Crippen LogP) is 4.62. The van der Waals surface area contributed by atoms with Crippen molar-refractivity contribution in [2.24, 2.45) is 0 Å². The fourth-order valence-electron chi connectivity index (χ4n) is 2.48. The quantitative estimate of drug-likeness (QED) is 0.826. The summed E-state index contributed by atoms with van der Waals surface area (Å²) in [6.45, 7) is 0. The van der Waals surface area contributed by atoms with Crippen LogP contribution < -0.4 is 10.6 Å². The Morgan fingerprint density at radius 2 is 1.68 bits per heavy atom. The summed E-state index contributed by atoms with van der Waals surface area (Å²) in [5.41, 5.74) is -2.91. The van der Waals surface area contributed by atoms with Crippen LogP contribution in [0.4, 0.5) is 24.5 Å². The summed E-state index contributed by atoms with van der Waals surface area (Å²) in [6.07, 6.45) is 6.09. The van der Waals surface area contributed by atoms with Crippen LogP contribution in [0.25, 0.3) is 0 Å². The predicted molar refractivity (Wildman–Crippen MR) is 84.1 cm³/mol. The number of nitrogens with one attached hydrogen (secondary N) is 2. The lowest BCUT2D eigenvalue weighted by atomic mass is 9.95. The number of anilines is 2. The van der Waals surface area contributed by atoms with Gasteiger partial charge in [0, 0.05) is 17.4 Å². The Kier molecular flexibility index (Phi) is 5.99. The molecule has 0 aliphatic heterocycles. The number of hydrogen-bond acceptors (Lipinski definition) is 3. The van der Waals surface area contributed by atoms with E-state index < -0.39 is 17.2 Å². The molecule has 0 saturated heterocycles. The highest BCUT2D eigenvalue weighted by molar-refractivity contribution is 8.00. The molecule has 1 amide bonds. The maximum atomic E-state index is 12.0. The number of halogens is 3. The van der Waals surface area contributed by atoms with Gasteiger partial charge in [0.05, 0.1) is 5.75 Å². The van der Waals surface area contributed by atoms with Gasteiger partial charge in [-0.1, -0.05) is 19.3 Å². The van der Waals surface area contributed by atoms with Crippen molar-refractivity contribution >= 4 is 29.0 Å². The molecule has 1 aromatic rings. The molecule has 0 heterocycles. The van der Waals surface area contributed by atoms with Gasteiger partial charge in [0.2, 0.25) is 5.91 Å². The van der Waals surface area contributed by atoms with Gasteiger partial charge in [-0.05, 0) is 48.9 Å². The minimum atomic E-state index is -4.38. The molecule has 1 aliphatic rings. The number of carbonyl (C=O) groups is 1. The molecule has 2 N–H and O–H groups in total. The summed E-state index contributed by atoms with van der Waals surface area (Å²) >= 11 is -0.337. The molecule has 122 valence electrons. The van der Waals surface area contributed by atoms with E-state index >= 15 is 0 Å². The van der Waals surface area contributed by atoms with Crippen molar-refractivity contribution in [3.63, 3.8) is 0 Å². The van der Waals surface area contributed by atoms with Gasteiger partial charge in [-0.25, -0.2) is 0 Å². The first-order valence-electron chi connectivity index (χ1n) is 7.29. The van der Waals surface area contributed by atoms with Crippen LogP contribution >= 0.6 is 11.8 Å². The lowest BCUT2D eigenvalue weighted by molar-refractivity contribution is -0.114. The van der Waals surface area contributed by atoms with Crippen LogP contribution in [-0.2, 0) is 4.79 Å². The Balaban J connectivity index is 1.79. The van der Waals surface area contributed by atoms with E-state index in [4.69, 9.17) is 0 Å². The van der Waals surface area contributed by atoms with Crippen molar-refractivity contribution in [3.05, 3.63) is 24.3 Å². The van der Waals surface area contributed by atoms with Gasteiger partial charge in [-0.3, -0.25) is 4.79 Å². The van der Waals surface area contributed by atoms with Gasteiger partial charge < -0.3 is 10.6 Å². The molecule has 2 rings (SSSR count). The first-order valence-corrected chi connectivity index (χ1v) is 8.28. The third-order valence-corrected chi connectivity index (χ3v) is 4.25. The zero-order valence-electron chi connectivity index (χ0n) is 12.1. The molecule has 0 unspecified atom stereocenters. The minimum absolute atomic E-state index is 0.337. The molecule has 1 saturated carbocycles. The summed E-state index contributed by atoms with van der Waals surface area (Å²) in [6, 6.07) is 7.54. The third kappa shape index (κ3) is 6.17. The molecule has 1 aliphatic carbocycles. The standard InChI is InChI=1S/C15H19F3N2OS/c16-15(17,18)22-10-14(21)20-13-8-6-12(7-9-13)19-11-4-2-1-3-5-11/h6-9,11,19H,1-5,10H2,(H,20,21). The summed E-state index contributed by atoms with van der Waals surface area (Å²) in [5, 5.41) is 5.90. The van der Waals surface area contributed by atoms with Crippen LogP contribution in [0.2, 0.25) is 0 Å². The average molecular weight is 332 g/mol. The largest absolute Gasteiger partial charge is 0.442 e. The van der Waals surface area contributed by atoms with Gasteiger partial charge in [0.15, 0.2) is 0 Å². The van der Waals surface area contributed by atoms with Gasteiger partial charge in [-0.2, -0.15) is 13.2 Å². The van der Waals surface area contributed by atoms with E-state index in [0.29, 0.717) is 11.7 Å². The molecule has 1 aromatic carbocycles. The molecule has 22 heavy (non-hydrogen) atoms. The van der Waals surface area contributed by atoms with E-state index in [2.05, 4.69) is 10.6 Å². The lowest BCUT2D eigenvalue weighted by Gasteiger charge is -2.23. The van der Waals surface area contributed by atoms with Gasteiger partial charge in [0.1, 0.15) is 0 Å². The SMILES string of the molecule is O=C(CSC(F)(F)F)Nc1ccc(NC2CCCCC2)cc1. The van der Waals surface area contributed by atoms with Gasteiger partial charge >= 0.3 is 5.51 Å². The summed E-state index contributed by atoms with van der Waals surface area (Å²) in [4.78, 5) is 11.4. The second kappa shape index (κ2) is 7.76. The molecule has 0 spiro atoms. The van der Waals surface area contributed by atoms with Crippen molar-refractivity contribution in [1.29, 1.82) is 0 Å². The first kappa shape index (κ1) is 17.0. The molecule has 1 fully saturated rings. The summed E-state index contributed by atoms with van der Waals surface area (Å²) < 4.78 is 36.0. The Hall–Kier alpha value is -1.37. The van der Waals surface area contributed by atoms with Crippen molar-refractivity contribution in [2.75, 3.05) is 16.4 Å². The number of alkyl halides is 3. The van der Waals surface area contributed by atoms with E-state index in [0.717, 1.165) is 18.5 Å². The van der Waals surface area contributed by atoms with E-state index in [1.165, 1.54) is 19.3 Å². The second-order valence-corrected chi connectivity index (χ2v) is 6.38. The fourth-order valence-corrected chi connectivity index (χ4v) is 2.84. The summed E-state index contributed by atoms with van der Waals surface area (Å²) in [7, 11) is 0. The van der Waals surface area contributed by atoms with Crippen LogP contribution in [0, 0.1) is 0 Å². The highest BCUT2D eigenvalue weighted by Crippen LogP contribution is 2.30. The monoisotopic (exact) mass is 332 g/mol. The molecule has 0 aromatic heterocycles. The van der Waals surface area contributed by atoms with Crippen LogP contribution in [0.15, 0.2) is 24.3 Å². The number of benzene rings is 1. The van der Waals surface area contributed by atoms with Crippen LogP contribution in [0.1, 0.15) is 32.1 Å². The van der Waals surface area contributed by atoms with Gasteiger partial charge in [-0.15, -0.1) is 0 Å². The van der Waals surface area contributed by atoms with Crippen LogP contribution in [0.5, 0.6) is 0 Å². The third-order valence-electron chi connectivity index (χ3n) is 3.51. The first-order chi connectivity index (χ1) is 10.4. The Labute approximate surface area is 132 Å². The molecular weight excluding hydrogens is 313 g/mol. The normalized spacial score (nSPS) is 16.3. The van der Waals surface area contributed by atoms with Crippen LogP contribution in [-0.4, -0.2) is 23.2 Å². The molecule has 0 radical (unpaired) electrons. The zero-order valence-corrected chi connectivity index (χ0v) is 12.9. The number of rotatable bonds is 5. The second-order valence-electron chi connectivity index (χ2n) is 5.34. The number of hydrogen-bond donors (Lipinski definition) is 2. The Morgan fingerprint density at radius 3 is 2.27 bits per heavy atom. The van der Waals surface area contributed by atoms with Crippen molar-refractivity contribution < 1.29 is 18.0 Å². The topological polar surface area (TPSA) is 41.1 Å². The number of carbonyl (C=O) groups excluding carboxylic acids is 1. The summed E-state index contributed by atoms with van der Waals surface area (Å²) in [5.74, 6) is -1.29. The minimum Gasteiger partial charge on any atom is -0.382 e. The number of amides is 1. The average Bonchev–Trinajstić information content (AvgIpc) is 2.48. The highest BCUT2D eigenvalue weighted by atomic mass is 32.2.